The smallest absolute Gasteiger partial charge is 0.335 e. The molecule has 0 spiro atoms. The Morgan fingerprint density at radius 3 is 1.63 bits per heavy atom. The maximum Gasteiger partial charge on any atom is 0.335 e. The van der Waals surface area contributed by atoms with E-state index in [1.54, 1.807) is 0 Å². The van der Waals surface area contributed by atoms with Gasteiger partial charge in [-0.05, 0) is 44.9 Å². The van der Waals surface area contributed by atoms with Crippen molar-refractivity contribution in [3.05, 3.63) is 24.3 Å². The van der Waals surface area contributed by atoms with E-state index in [0.717, 1.165) is 51.4 Å². The number of aliphatic hydroxyl groups is 3. The predicted molar refractivity (Wildman–Crippen MR) is 202 cm³/mol. The number of carbonyl (C=O) groups is 3. The van der Waals surface area contributed by atoms with Gasteiger partial charge in [0.1, 0.15) is 24.9 Å². The zero-order valence-electron chi connectivity index (χ0n) is 32.3. The second-order valence-electron chi connectivity index (χ2n) is 14.1. The van der Waals surface area contributed by atoms with Gasteiger partial charge in [0.15, 0.2) is 18.5 Å². The zero-order valence-corrected chi connectivity index (χ0v) is 32.3. The molecule has 1 aliphatic rings. The molecule has 0 aliphatic carbocycles. The maximum atomic E-state index is 12.6. The van der Waals surface area contributed by atoms with E-state index in [-0.39, 0.29) is 26.1 Å². The fourth-order valence-corrected chi connectivity index (χ4v) is 6.03. The summed E-state index contributed by atoms with van der Waals surface area (Å²) in [5.74, 6) is -2.45. The Morgan fingerprint density at radius 1 is 0.596 bits per heavy atom. The lowest BCUT2D eigenvalue weighted by atomic mass is 9.99. The molecule has 0 aromatic rings. The molecule has 4 N–H and O–H groups in total. The molecular weight excluding hydrogens is 668 g/mol. The van der Waals surface area contributed by atoms with Gasteiger partial charge in [-0.15, -0.1) is 0 Å². The molecule has 0 bridgehead atoms. The third-order valence-electron chi connectivity index (χ3n) is 9.30. The number of ether oxygens (including phenoxy) is 4. The molecule has 0 saturated carbocycles. The van der Waals surface area contributed by atoms with Gasteiger partial charge in [0, 0.05) is 12.8 Å². The van der Waals surface area contributed by atoms with Gasteiger partial charge < -0.3 is 39.4 Å². The van der Waals surface area contributed by atoms with Gasteiger partial charge in [0.05, 0.1) is 6.61 Å². The van der Waals surface area contributed by atoms with E-state index in [4.69, 9.17) is 18.9 Å². The number of aliphatic hydroxyl groups excluding tert-OH is 3. The molecule has 1 saturated heterocycles. The molecule has 52 heavy (non-hydrogen) atoms. The Hall–Kier alpha value is -2.31. The van der Waals surface area contributed by atoms with Crippen LogP contribution in [0.4, 0.5) is 0 Å². The van der Waals surface area contributed by atoms with E-state index in [2.05, 4.69) is 38.2 Å². The predicted octanol–water partition coefficient (Wildman–Crippen LogP) is 7.86. The summed E-state index contributed by atoms with van der Waals surface area (Å²) < 4.78 is 21.6. The number of carboxylic acid groups (broad SMARTS) is 1. The second kappa shape index (κ2) is 32.1. The van der Waals surface area contributed by atoms with E-state index in [1.807, 2.05) is 0 Å². The van der Waals surface area contributed by atoms with Crippen LogP contribution in [0.15, 0.2) is 24.3 Å². The number of aliphatic carboxylic acids is 1. The summed E-state index contributed by atoms with van der Waals surface area (Å²) in [6.07, 6.45) is 23.9. The monoisotopic (exact) mass is 741 g/mol. The number of carboxylic acids is 1. The van der Waals surface area contributed by atoms with Crippen molar-refractivity contribution in [1.29, 1.82) is 0 Å². The SMILES string of the molecule is CCCCC/C=C\C/C=C\CCCCCCCCCC(=O)OCC(COC1OC(C(=O)O)C(O)C(O)C1O)OC(=O)CCCCCCCCCCC. The summed E-state index contributed by atoms with van der Waals surface area (Å²) >= 11 is 0. The summed E-state index contributed by atoms with van der Waals surface area (Å²) in [7, 11) is 0. The van der Waals surface area contributed by atoms with Crippen molar-refractivity contribution < 1.29 is 53.8 Å². The van der Waals surface area contributed by atoms with E-state index in [1.165, 1.54) is 77.0 Å². The summed E-state index contributed by atoms with van der Waals surface area (Å²) in [5.41, 5.74) is 0. The first-order valence-corrected chi connectivity index (χ1v) is 20.4. The van der Waals surface area contributed by atoms with Crippen LogP contribution >= 0.6 is 0 Å². The standard InChI is InChI=1S/C41H72O11/c1-3-5-7-9-11-13-14-15-16-17-18-19-20-22-23-25-27-29-34(42)49-31-33(51-35(43)30-28-26-24-21-12-10-8-6-4-2)32-50-41-38(46)36(44)37(45)39(52-41)40(47)48/h11,13,15-16,33,36-39,41,44-46H,3-10,12,14,17-32H2,1-2H3,(H,47,48)/b13-11-,16-15-. The number of allylic oxidation sites excluding steroid dienone is 4. The van der Waals surface area contributed by atoms with Crippen molar-refractivity contribution in [3.8, 4) is 0 Å². The third kappa shape index (κ3) is 24.1. The molecule has 1 rings (SSSR count). The van der Waals surface area contributed by atoms with Gasteiger partial charge in [-0.3, -0.25) is 9.59 Å². The van der Waals surface area contributed by atoms with Crippen LogP contribution in [0.3, 0.4) is 0 Å². The fourth-order valence-electron chi connectivity index (χ4n) is 6.03. The highest BCUT2D eigenvalue weighted by molar-refractivity contribution is 5.73. The molecule has 6 unspecified atom stereocenters. The first-order valence-electron chi connectivity index (χ1n) is 20.4. The van der Waals surface area contributed by atoms with E-state index >= 15 is 0 Å². The summed E-state index contributed by atoms with van der Waals surface area (Å²) in [4.78, 5) is 36.6. The lowest BCUT2D eigenvalue weighted by Gasteiger charge is -2.38. The highest BCUT2D eigenvalue weighted by Crippen LogP contribution is 2.23. The Balaban J connectivity index is 2.38. The Bertz CT molecular complexity index is 968. The number of hydrogen-bond donors (Lipinski definition) is 4. The van der Waals surface area contributed by atoms with Gasteiger partial charge in [-0.2, -0.15) is 0 Å². The third-order valence-corrected chi connectivity index (χ3v) is 9.30. The molecule has 0 amide bonds. The number of esters is 2. The molecule has 1 aliphatic heterocycles. The van der Waals surface area contributed by atoms with Crippen LogP contribution in [0.1, 0.15) is 168 Å². The van der Waals surface area contributed by atoms with Gasteiger partial charge in [0.25, 0.3) is 0 Å². The van der Waals surface area contributed by atoms with Crippen molar-refractivity contribution >= 4 is 17.9 Å². The van der Waals surface area contributed by atoms with Crippen LogP contribution in [0.2, 0.25) is 0 Å². The lowest BCUT2D eigenvalue weighted by molar-refractivity contribution is -0.298. The lowest BCUT2D eigenvalue weighted by Crippen LogP contribution is -2.60. The minimum atomic E-state index is -1.86. The largest absolute Gasteiger partial charge is 0.479 e. The maximum absolute atomic E-state index is 12.6. The van der Waals surface area contributed by atoms with E-state index in [0.29, 0.717) is 12.8 Å². The Morgan fingerprint density at radius 2 is 1.08 bits per heavy atom. The Labute approximate surface area is 313 Å². The molecule has 0 radical (unpaired) electrons. The van der Waals surface area contributed by atoms with E-state index in [9.17, 15) is 34.8 Å². The van der Waals surface area contributed by atoms with Crippen molar-refractivity contribution in [2.45, 2.75) is 205 Å². The molecule has 1 fully saturated rings. The Kier molecular flexibility index (Phi) is 29.5. The molecule has 0 aromatic carbocycles. The summed E-state index contributed by atoms with van der Waals surface area (Å²) in [5, 5.41) is 39.6. The minimum Gasteiger partial charge on any atom is -0.479 e. The minimum absolute atomic E-state index is 0.183. The fraction of sp³-hybridized carbons (Fsp3) is 0.829. The van der Waals surface area contributed by atoms with Gasteiger partial charge in [-0.25, -0.2) is 4.79 Å². The normalized spacial score (nSPS) is 21.1. The van der Waals surface area contributed by atoms with Gasteiger partial charge in [0.2, 0.25) is 0 Å². The molecule has 0 aromatic heterocycles. The zero-order chi connectivity index (χ0) is 38.2. The quantitative estimate of drug-likeness (QED) is 0.0294. The van der Waals surface area contributed by atoms with Crippen LogP contribution < -0.4 is 0 Å². The van der Waals surface area contributed by atoms with Gasteiger partial charge in [-0.1, -0.05) is 134 Å². The molecule has 6 atom stereocenters. The van der Waals surface area contributed by atoms with Crippen molar-refractivity contribution in [2.75, 3.05) is 13.2 Å². The topological polar surface area (TPSA) is 169 Å². The van der Waals surface area contributed by atoms with Crippen molar-refractivity contribution in [2.24, 2.45) is 0 Å². The van der Waals surface area contributed by atoms with Crippen LogP contribution in [0, 0.1) is 0 Å². The number of carbonyl (C=O) groups excluding carboxylic acids is 2. The summed E-state index contributed by atoms with van der Waals surface area (Å²) in [6.45, 7) is 3.74. The van der Waals surface area contributed by atoms with Crippen LogP contribution in [-0.4, -0.2) is 88.4 Å². The first kappa shape index (κ1) is 47.7. The summed E-state index contributed by atoms with van der Waals surface area (Å²) in [6, 6.07) is 0. The number of hydrogen-bond acceptors (Lipinski definition) is 10. The van der Waals surface area contributed by atoms with Crippen LogP contribution in [0.25, 0.3) is 0 Å². The van der Waals surface area contributed by atoms with Gasteiger partial charge >= 0.3 is 17.9 Å². The molecule has 1 heterocycles. The highest BCUT2D eigenvalue weighted by atomic mass is 16.7. The van der Waals surface area contributed by atoms with Crippen molar-refractivity contribution in [3.63, 3.8) is 0 Å². The van der Waals surface area contributed by atoms with Crippen LogP contribution in [-0.2, 0) is 33.3 Å². The number of rotatable bonds is 33. The molecular formula is C41H72O11. The average Bonchev–Trinajstić information content (AvgIpc) is 3.12. The van der Waals surface area contributed by atoms with Crippen molar-refractivity contribution in [1.82, 2.24) is 0 Å². The molecule has 11 heteroatoms. The highest BCUT2D eigenvalue weighted by Gasteiger charge is 2.47. The number of unbranched alkanes of at least 4 members (excludes halogenated alkanes) is 18. The second-order valence-corrected chi connectivity index (χ2v) is 14.1. The molecule has 11 nitrogen and oxygen atoms in total. The van der Waals surface area contributed by atoms with E-state index < -0.39 is 54.7 Å². The average molecular weight is 741 g/mol. The van der Waals surface area contributed by atoms with Crippen LogP contribution in [0.5, 0.6) is 0 Å². The first-order chi connectivity index (χ1) is 25.2. The molecule has 302 valence electrons.